The van der Waals surface area contributed by atoms with Crippen LogP contribution in [0.15, 0.2) is 36.4 Å². The topological polar surface area (TPSA) is 88.2 Å². The average Bonchev–Trinajstić information content (AvgIpc) is 3.17. The maximum absolute atomic E-state index is 13.1. The van der Waals surface area contributed by atoms with Gasteiger partial charge in [-0.1, -0.05) is 29.7 Å². The zero-order valence-corrected chi connectivity index (χ0v) is 19.9. The van der Waals surface area contributed by atoms with Crippen LogP contribution in [0.3, 0.4) is 0 Å². The van der Waals surface area contributed by atoms with Crippen molar-refractivity contribution in [2.24, 2.45) is 0 Å². The summed E-state index contributed by atoms with van der Waals surface area (Å²) in [6.07, 6.45) is 0.445. The van der Waals surface area contributed by atoms with Gasteiger partial charge in [0.15, 0.2) is 0 Å². The SMILES string of the molecule is [B]c1cc(CN2CCOCC2)ccc1C([B])([B])Oc1cccc2c1CN(C1CCC(=O)NC1=O)C2=O. The highest BCUT2D eigenvalue weighted by molar-refractivity contribution is 6.42. The van der Waals surface area contributed by atoms with Gasteiger partial charge in [0, 0.05) is 42.6 Å². The number of benzene rings is 2. The van der Waals surface area contributed by atoms with Crippen molar-refractivity contribution < 1.29 is 23.9 Å². The largest absolute Gasteiger partial charge is 0.502 e. The summed E-state index contributed by atoms with van der Waals surface area (Å²) < 4.78 is 11.4. The van der Waals surface area contributed by atoms with Gasteiger partial charge in [0.25, 0.3) is 5.91 Å². The molecule has 178 valence electrons. The Morgan fingerprint density at radius 1 is 1.11 bits per heavy atom. The lowest BCUT2D eigenvalue weighted by Crippen LogP contribution is -2.52. The molecule has 3 heterocycles. The molecule has 0 saturated carbocycles. The first-order valence-corrected chi connectivity index (χ1v) is 12.0. The fourth-order valence-electron chi connectivity index (χ4n) is 4.97. The van der Waals surface area contributed by atoms with Gasteiger partial charge in [-0.2, -0.15) is 0 Å². The first-order valence-electron chi connectivity index (χ1n) is 12.0. The predicted octanol–water partition coefficient (Wildman–Crippen LogP) is -0.400. The van der Waals surface area contributed by atoms with E-state index in [-0.39, 0.29) is 31.2 Å². The van der Waals surface area contributed by atoms with Crippen LogP contribution in [-0.2, 0) is 32.8 Å². The fourth-order valence-corrected chi connectivity index (χ4v) is 4.97. The Hall–Kier alpha value is -3.04. The minimum atomic E-state index is -1.76. The molecule has 1 atom stereocenters. The lowest BCUT2D eigenvalue weighted by molar-refractivity contribution is -0.136. The van der Waals surface area contributed by atoms with E-state index in [9.17, 15) is 14.4 Å². The van der Waals surface area contributed by atoms with Crippen LogP contribution in [0, 0.1) is 0 Å². The third-order valence-electron chi connectivity index (χ3n) is 6.86. The number of rotatable bonds is 6. The van der Waals surface area contributed by atoms with Gasteiger partial charge in [-0.3, -0.25) is 24.6 Å². The third-order valence-corrected chi connectivity index (χ3v) is 6.86. The summed E-state index contributed by atoms with van der Waals surface area (Å²) in [7, 11) is 19.1. The van der Waals surface area contributed by atoms with Crippen molar-refractivity contribution in [3.63, 3.8) is 0 Å². The van der Waals surface area contributed by atoms with E-state index in [1.807, 2.05) is 12.1 Å². The Morgan fingerprint density at radius 2 is 1.89 bits per heavy atom. The van der Waals surface area contributed by atoms with Crippen LogP contribution in [0.25, 0.3) is 0 Å². The first kappa shape index (κ1) is 24.7. The number of ether oxygens (including phenoxy) is 2. The minimum Gasteiger partial charge on any atom is -0.502 e. The Balaban J connectivity index is 1.34. The van der Waals surface area contributed by atoms with Crippen molar-refractivity contribution in [1.82, 2.24) is 15.1 Å². The summed E-state index contributed by atoms with van der Waals surface area (Å²) in [5.74, 6) is -0.796. The van der Waals surface area contributed by atoms with Crippen LogP contribution in [0.4, 0.5) is 0 Å². The molecule has 0 bridgehead atoms. The highest BCUT2D eigenvalue weighted by atomic mass is 16.5. The van der Waals surface area contributed by atoms with Crippen LogP contribution in [-0.4, -0.2) is 83.4 Å². The molecule has 2 aromatic rings. The zero-order valence-electron chi connectivity index (χ0n) is 19.9. The smallest absolute Gasteiger partial charge is 0.255 e. The van der Waals surface area contributed by atoms with Crippen LogP contribution in [0.1, 0.15) is 39.9 Å². The second-order valence-corrected chi connectivity index (χ2v) is 9.39. The lowest BCUT2D eigenvalue weighted by Gasteiger charge is -2.32. The number of imide groups is 1. The molecule has 5 rings (SSSR count). The van der Waals surface area contributed by atoms with Crippen LogP contribution < -0.4 is 15.5 Å². The highest BCUT2D eigenvalue weighted by Gasteiger charge is 2.40. The number of piperidine rings is 1. The van der Waals surface area contributed by atoms with Gasteiger partial charge >= 0.3 is 0 Å². The van der Waals surface area contributed by atoms with Crippen molar-refractivity contribution in [3.05, 3.63) is 58.7 Å². The minimum absolute atomic E-state index is 0.140. The highest BCUT2D eigenvalue weighted by Crippen LogP contribution is 2.35. The van der Waals surface area contributed by atoms with E-state index in [0.717, 1.165) is 25.2 Å². The predicted molar refractivity (Wildman–Crippen MR) is 134 cm³/mol. The number of hydrogen-bond acceptors (Lipinski definition) is 6. The molecule has 2 saturated heterocycles. The number of carbonyl (C=O) groups excluding carboxylic acids is 3. The molecule has 1 unspecified atom stereocenters. The van der Waals surface area contributed by atoms with Gasteiger partial charge in [0.1, 0.15) is 35.3 Å². The molecule has 36 heavy (non-hydrogen) atoms. The molecule has 0 spiro atoms. The van der Waals surface area contributed by atoms with E-state index in [0.29, 0.717) is 41.1 Å². The van der Waals surface area contributed by atoms with E-state index in [1.54, 1.807) is 24.3 Å². The van der Waals surface area contributed by atoms with Gasteiger partial charge in [-0.05, 0) is 29.7 Å². The van der Waals surface area contributed by atoms with Crippen molar-refractivity contribution in [1.29, 1.82) is 0 Å². The van der Waals surface area contributed by atoms with Crippen molar-refractivity contribution in [2.45, 2.75) is 37.4 Å². The summed E-state index contributed by atoms with van der Waals surface area (Å²) in [6.45, 7) is 4.01. The summed E-state index contributed by atoms with van der Waals surface area (Å²) in [5.41, 5.74) is 2.83. The number of carbonyl (C=O) groups is 3. The summed E-state index contributed by atoms with van der Waals surface area (Å²) in [4.78, 5) is 40.7. The molecule has 3 aliphatic rings. The van der Waals surface area contributed by atoms with Crippen LogP contribution in [0.2, 0.25) is 0 Å². The maximum atomic E-state index is 13.1. The van der Waals surface area contributed by atoms with Crippen molar-refractivity contribution >= 4 is 46.7 Å². The van der Waals surface area contributed by atoms with Gasteiger partial charge in [0.05, 0.1) is 19.8 Å². The number of morpholine rings is 1. The number of hydrogen-bond donors (Lipinski definition) is 1. The van der Waals surface area contributed by atoms with Crippen molar-refractivity contribution in [3.8, 4) is 5.75 Å². The molecular formula is C25H24B3N3O5. The molecule has 1 N–H and O–H groups in total. The second kappa shape index (κ2) is 9.79. The molecule has 8 nitrogen and oxygen atoms in total. The summed E-state index contributed by atoms with van der Waals surface area (Å²) >= 11 is 0. The van der Waals surface area contributed by atoms with Gasteiger partial charge in [-0.25, -0.2) is 0 Å². The average molecular weight is 479 g/mol. The van der Waals surface area contributed by atoms with E-state index in [1.165, 1.54) is 4.90 Å². The molecule has 0 aromatic heterocycles. The van der Waals surface area contributed by atoms with E-state index in [2.05, 4.69) is 10.2 Å². The summed E-state index contributed by atoms with van der Waals surface area (Å²) in [5, 5.41) is 0.536. The molecule has 11 heteroatoms. The zero-order chi connectivity index (χ0) is 25.4. The van der Waals surface area contributed by atoms with E-state index >= 15 is 0 Å². The Morgan fingerprint density at radius 3 is 2.61 bits per heavy atom. The summed E-state index contributed by atoms with van der Waals surface area (Å²) in [6, 6.07) is 9.80. The van der Waals surface area contributed by atoms with E-state index in [4.69, 9.17) is 33.0 Å². The molecule has 3 aliphatic heterocycles. The standard InChI is InChI=1S/C25H24B3N3O5/c26-19-12-15(13-30-8-10-35-11-9-30)4-5-18(19)25(27,28)36-21-3-1-2-16-17(21)14-31(24(16)34)20-6-7-22(32)29-23(20)33/h1-5,12,20H,6-11,13-14H2,(H,29,32,33). The number of amides is 3. The second-order valence-electron chi connectivity index (χ2n) is 9.39. The molecule has 0 aliphatic carbocycles. The quantitative estimate of drug-likeness (QED) is 0.449. The molecule has 2 aromatic carbocycles. The number of nitrogens with zero attached hydrogens (tertiary/aromatic N) is 2. The molecular weight excluding hydrogens is 455 g/mol. The van der Waals surface area contributed by atoms with Gasteiger partial charge in [-0.15, -0.1) is 0 Å². The maximum Gasteiger partial charge on any atom is 0.255 e. The molecule has 3 amide bonds. The van der Waals surface area contributed by atoms with Gasteiger partial charge in [0.2, 0.25) is 11.8 Å². The normalized spacial score (nSPS) is 20.8. The van der Waals surface area contributed by atoms with E-state index < -0.39 is 17.3 Å². The lowest BCUT2D eigenvalue weighted by atomic mass is 9.58. The Labute approximate surface area is 213 Å². The van der Waals surface area contributed by atoms with Crippen LogP contribution >= 0.6 is 0 Å². The third kappa shape index (κ3) is 4.82. The number of nitrogens with one attached hydrogen (secondary N) is 1. The molecule has 6 radical (unpaired) electrons. The Kier molecular flexibility index (Phi) is 6.70. The fraction of sp³-hybridized carbons (Fsp3) is 0.400. The first-order chi connectivity index (χ1) is 17.2. The molecule has 2 fully saturated rings. The monoisotopic (exact) mass is 479 g/mol. The number of fused-ring (bicyclic) bond motifs is 1. The Bertz CT molecular complexity index is 1220. The van der Waals surface area contributed by atoms with Gasteiger partial charge < -0.3 is 14.4 Å². The van der Waals surface area contributed by atoms with Crippen molar-refractivity contribution in [2.75, 3.05) is 26.3 Å². The van der Waals surface area contributed by atoms with Crippen LogP contribution in [0.5, 0.6) is 5.75 Å².